The van der Waals surface area contributed by atoms with E-state index in [1.165, 1.54) is 12.0 Å². The lowest BCUT2D eigenvalue weighted by Gasteiger charge is -2.20. The standard InChI is InChI=1S/C18H29N3O/c1-5-21(6-2)9-7-8-13(3)16-12-15(22-4)10-14-11-17(19)20-18(14)16/h10-13,20H,5-9,19H2,1-4H3. The van der Waals surface area contributed by atoms with Gasteiger partial charge in [0.2, 0.25) is 0 Å². The molecular formula is C18H29N3O. The van der Waals surface area contributed by atoms with Crippen molar-refractivity contribution in [3.8, 4) is 5.75 Å². The zero-order valence-electron chi connectivity index (χ0n) is 14.3. The predicted octanol–water partition coefficient (Wildman–Crippen LogP) is 3.98. The highest BCUT2D eigenvalue weighted by Gasteiger charge is 2.14. The first kappa shape index (κ1) is 16.7. The van der Waals surface area contributed by atoms with Crippen molar-refractivity contribution in [2.75, 3.05) is 32.5 Å². The van der Waals surface area contributed by atoms with Gasteiger partial charge >= 0.3 is 0 Å². The molecule has 0 aliphatic carbocycles. The minimum absolute atomic E-state index is 0.478. The summed E-state index contributed by atoms with van der Waals surface area (Å²) >= 11 is 0. The summed E-state index contributed by atoms with van der Waals surface area (Å²) in [4.78, 5) is 5.77. The van der Waals surface area contributed by atoms with Crippen LogP contribution in [-0.4, -0.2) is 36.6 Å². The Bertz CT molecular complexity index is 602. The normalized spacial score (nSPS) is 13.0. The zero-order chi connectivity index (χ0) is 16.1. The summed E-state index contributed by atoms with van der Waals surface area (Å²) in [6.07, 6.45) is 2.37. The molecule has 0 amide bonds. The van der Waals surface area contributed by atoms with Crippen LogP contribution < -0.4 is 10.5 Å². The van der Waals surface area contributed by atoms with Gasteiger partial charge in [-0.2, -0.15) is 0 Å². The summed E-state index contributed by atoms with van der Waals surface area (Å²) < 4.78 is 5.44. The average Bonchev–Trinajstić information content (AvgIpc) is 2.90. The quantitative estimate of drug-likeness (QED) is 0.775. The molecule has 122 valence electrons. The van der Waals surface area contributed by atoms with Crippen molar-refractivity contribution in [2.45, 2.75) is 39.5 Å². The molecular weight excluding hydrogens is 274 g/mol. The summed E-state index contributed by atoms with van der Waals surface area (Å²) in [6, 6.07) is 6.15. The van der Waals surface area contributed by atoms with Gasteiger partial charge in [-0.3, -0.25) is 0 Å². The van der Waals surface area contributed by atoms with E-state index in [2.05, 4.69) is 36.7 Å². The van der Waals surface area contributed by atoms with Crippen LogP contribution in [0.25, 0.3) is 10.9 Å². The van der Waals surface area contributed by atoms with Crippen LogP contribution in [-0.2, 0) is 0 Å². The lowest BCUT2D eigenvalue weighted by molar-refractivity contribution is 0.294. The Morgan fingerprint density at radius 1 is 1.23 bits per heavy atom. The SMILES string of the molecule is CCN(CC)CCCC(C)c1cc(OC)cc2cc(N)[nH]c12. The molecule has 0 aliphatic rings. The summed E-state index contributed by atoms with van der Waals surface area (Å²) in [6.45, 7) is 10.1. The van der Waals surface area contributed by atoms with E-state index in [0.29, 0.717) is 11.7 Å². The maximum atomic E-state index is 5.92. The third-order valence-electron chi connectivity index (χ3n) is 4.53. The van der Waals surface area contributed by atoms with Gasteiger partial charge in [-0.05, 0) is 62.2 Å². The number of rotatable bonds is 8. The molecule has 0 spiro atoms. The molecule has 0 saturated heterocycles. The summed E-state index contributed by atoms with van der Waals surface area (Å²) in [5.74, 6) is 2.09. The van der Waals surface area contributed by atoms with Crippen molar-refractivity contribution in [2.24, 2.45) is 0 Å². The summed E-state index contributed by atoms with van der Waals surface area (Å²) in [7, 11) is 1.71. The van der Waals surface area contributed by atoms with Crippen molar-refractivity contribution in [1.82, 2.24) is 9.88 Å². The first-order valence-corrected chi connectivity index (χ1v) is 8.27. The van der Waals surface area contributed by atoms with Crippen molar-refractivity contribution < 1.29 is 4.74 Å². The Balaban J connectivity index is 2.14. The molecule has 3 N–H and O–H groups in total. The lowest BCUT2D eigenvalue weighted by atomic mass is 9.94. The van der Waals surface area contributed by atoms with Gasteiger partial charge in [-0.25, -0.2) is 0 Å². The third kappa shape index (κ3) is 3.74. The molecule has 4 nitrogen and oxygen atoms in total. The smallest absolute Gasteiger partial charge is 0.119 e. The van der Waals surface area contributed by atoms with E-state index in [1.54, 1.807) is 7.11 Å². The maximum Gasteiger partial charge on any atom is 0.119 e. The van der Waals surface area contributed by atoms with Gasteiger partial charge in [0.1, 0.15) is 11.6 Å². The minimum Gasteiger partial charge on any atom is -0.497 e. The molecule has 0 fully saturated rings. The van der Waals surface area contributed by atoms with E-state index >= 15 is 0 Å². The number of aromatic amines is 1. The van der Waals surface area contributed by atoms with Crippen LogP contribution in [0.3, 0.4) is 0 Å². The topological polar surface area (TPSA) is 54.3 Å². The van der Waals surface area contributed by atoms with Crippen molar-refractivity contribution in [3.05, 3.63) is 23.8 Å². The molecule has 0 radical (unpaired) electrons. The van der Waals surface area contributed by atoms with E-state index in [4.69, 9.17) is 10.5 Å². The second-order valence-corrected chi connectivity index (χ2v) is 5.98. The predicted molar refractivity (Wildman–Crippen MR) is 94.7 cm³/mol. The van der Waals surface area contributed by atoms with Gasteiger partial charge in [-0.1, -0.05) is 20.8 Å². The molecule has 0 saturated carbocycles. The Morgan fingerprint density at radius 3 is 2.59 bits per heavy atom. The maximum absolute atomic E-state index is 5.92. The Kier molecular flexibility index (Phi) is 5.72. The largest absolute Gasteiger partial charge is 0.497 e. The van der Waals surface area contributed by atoms with Crippen molar-refractivity contribution >= 4 is 16.7 Å². The highest BCUT2D eigenvalue weighted by molar-refractivity contribution is 5.88. The highest BCUT2D eigenvalue weighted by atomic mass is 16.5. The first-order chi connectivity index (χ1) is 10.6. The zero-order valence-corrected chi connectivity index (χ0v) is 14.3. The number of nitrogens with zero attached hydrogens (tertiary/aromatic N) is 1. The van der Waals surface area contributed by atoms with Gasteiger partial charge < -0.3 is 20.4 Å². The molecule has 1 aromatic carbocycles. The Morgan fingerprint density at radius 2 is 1.95 bits per heavy atom. The number of fused-ring (bicyclic) bond motifs is 1. The number of aromatic nitrogens is 1. The Labute approximate surface area is 133 Å². The summed E-state index contributed by atoms with van der Waals surface area (Å²) in [5, 5.41) is 1.13. The van der Waals surface area contributed by atoms with Crippen LogP contribution in [0, 0.1) is 0 Å². The van der Waals surface area contributed by atoms with Crippen LogP contribution in [0.15, 0.2) is 18.2 Å². The number of hydrogen-bond donors (Lipinski definition) is 2. The van der Waals surface area contributed by atoms with E-state index in [0.717, 1.165) is 42.7 Å². The molecule has 4 heteroatoms. The number of benzene rings is 1. The van der Waals surface area contributed by atoms with E-state index in [9.17, 15) is 0 Å². The fourth-order valence-corrected chi connectivity index (χ4v) is 3.09. The third-order valence-corrected chi connectivity index (χ3v) is 4.53. The fourth-order valence-electron chi connectivity index (χ4n) is 3.09. The second-order valence-electron chi connectivity index (χ2n) is 5.98. The van der Waals surface area contributed by atoms with Gasteiger partial charge in [0, 0.05) is 5.39 Å². The first-order valence-electron chi connectivity index (χ1n) is 8.27. The molecule has 22 heavy (non-hydrogen) atoms. The van der Waals surface area contributed by atoms with Gasteiger partial charge in [0.05, 0.1) is 12.6 Å². The number of anilines is 1. The highest BCUT2D eigenvalue weighted by Crippen LogP contribution is 2.33. The van der Waals surface area contributed by atoms with E-state index in [-0.39, 0.29) is 0 Å². The average molecular weight is 303 g/mol. The van der Waals surface area contributed by atoms with E-state index < -0.39 is 0 Å². The summed E-state index contributed by atoms with van der Waals surface area (Å²) in [5.41, 5.74) is 8.37. The van der Waals surface area contributed by atoms with E-state index in [1.807, 2.05) is 12.1 Å². The van der Waals surface area contributed by atoms with Crippen molar-refractivity contribution in [1.29, 1.82) is 0 Å². The van der Waals surface area contributed by atoms with Crippen LogP contribution in [0.2, 0.25) is 0 Å². The van der Waals surface area contributed by atoms with Crippen LogP contribution in [0.4, 0.5) is 5.82 Å². The number of nitrogen functional groups attached to an aromatic ring is 1. The molecule has 1 heterocycles. The lowest BCUT2D eigenvalue weighted by Crippen LogP contribution is -2.24. The van der Waals surface area contributed by atoms with Crippen LogP contribution >= 0.6 is 0 Å². The molecule has 2 rings (SSSR count). The molecule has 0 bridgehead atoms. The number of ether oxygens (including phenoxy) is 1. The van der Waals surface area contributed by atoms with Crippen molar-refractivity contribution in [3.63, 3.8) is 0 Å². The minimum atomic E-state index is 0.478. The number of methoxy groups -OCH3 is 1. The molecule has 0 aliphatic heterocycles. The van der Waals surface area contributed by atoms with Gasteiger partial charge in [0.15, 0.2) is 0 Å². The number of hydrogen-bond acceptors (Lipinski definition) is 3. The molecule has 1 unspecified atom stereocenters. The van der Waals surface area contributed by atoms with Crippen LogP contribution in [0.5, 0.6) is 5.75 Å². The number of nitrogens with two attached hydrogens (primary N) is 1. The molecule has 2 aromatic rings. The van der Waals surface area contributed by atoms with Gasteiger partial charge in [-0.15, -0.1) is 0 Å². The van der Waals surface area contributed by atoms with Gasteiger partial charge in [0.25, 0.3) is 0 Å². The second kappa shape index (κ2) is 7.54. The molecule has 1 atom stereocenters. The number of H-pyrrole nitrogens is 1. The number of nitrogens with one attached hydrogen (secondary N) is 1. The Hall–Kier alpha value is -1.68. The molecule has 1 aromatic heterocycles. The van der Waals surface area contributed by atoms with Crippen LogP contribution in [0.1, 0.15) is 45.1 Å². The fraction of sp³-hybridized carbons (Fsp3) is 0.556. The monoisotopic (exact) mass is 303 g/mol.